The predicted molar refractivity (Wildman–Crippen MR) is 124 cm³/mol. The lowest BCUT2D eigenvalue weighted by Gasteiger charge is -2.34. The average Bonchev–Trinajstić information content (AvgIpc) is 3.44. The molecule has 34 heavy (non-hydrogen) atoms. The van der Waals surface area contributed by atoms with Crippen molar-refractivity contribution in [2.45, 2.75) is 31.1 Å². The Bertz CT molecular complexity index is 1380. The van der Waals surface area contributed by atoms with Crippen LogP contribution in [0, 0.1) is 0 Å². The van der Waals surface area contributed by atoms with Crippen LogP contribution in [-0.2, 0) is 21.6 Å². The summed E-state index contributed by atoms with van der Waals surface area (Å²) in [6.07, 6.45) is 3.67. The van der Waals surface area contributed by atoms with Gasteiger partial charge in [0.05, 0.1) is 25.5 Å². The van der Waals surface area contributed by atoms with Gasteiger partial charge in [-0.1, -0.05) is 18.2 Å². The van der Waals surface area contributed by atoms with Gasteiger partial charge in [0.15, 0.2) is 5.65 Å². The second kappa shape index (κ2) is 7.78. The van der Waals surface area contributed by atoms with Crippen molar-refractivity contribution in [1.82, 2.24) is 19.5 Å². The number of imidazole rings is 1. The summed E-state index contributed by atoms with van der Waals surface area (Å²) in [5, 5.41) is 0. The fourth-order valence-corrected chi connectivity index (χ4v) is 5.24. The highest BCUT2D eigenvalue weighted by atomic mass is 16.5. The van der Waals surface area contributed by atoms with E-state index in [1.54, 1.807) is 6.20 Å². The zero-order valence-electron chi connectivity index (χ0n) is 18.6. The van der Waals surface area contributed by atoms with Crippen molar-refractivity contribution in [2.24, 2.45) is 0 Å². The lowest BCUT2D eigenvalue weighted by Crippen LogP contribution is -2.45. The molecule has 1 spiro atoms. The number of aromatic nitrogens is 4. The molecule has 1 unspecified atom stereocenters. The zero-order valence-corrected chi connectivity index (χ0v) is 18.6. The third-order valence-electron chi connectivity index (χ3n) is 6.92. The second-order valence-corrected chi connectivity index (χ2v) is 9.02. The molecule has 0 N–H and O–H groups in total. The molecular weight excluding hydrogens is 432 g/mol. The van der Waals surface area contributed by atoms with Crippen molar-refractivity contribution in [3.05, 3.63) is 66.1 Å². The van der Waals surface area contributed by atoms with Crippen LogP contribution in [0.4, 0.5) is 0 Å². The molecule has 172 valence electrons. The molecule has 8 heteroatoms. The van der Waals surface area contributed by atoms with Gasteiger partial charge in [-0.15, -0.1) is 0 Å². The van der Waals surface area contributed by atoms with E-state index in [-0.39, 0.29) is 6.10 Å². The van der Waals surface area contributed by atoms with Crippen molar-refractivity contribution in [3.63, 3.8) is 0 Å². The minimum atomic E-state index is -0.472. The van der Waals surface area contributed by atoms with Crippen LogP contribution in [0.15, 0.2) is 54.7 Å². The molecule has 7 rings (SSSR count). The maximum absolute atomic E-state index is 6.13. The maximum atomic E-state index is 6.13. The first kappa shape index (κ1) is 19.9. The summed E-state index contributed by atoms with van der Waals surface area (Å²) < 4.78 is 25.9. The summed E-state index contributed by atoms with van der Waals surface area (Å²) in [5.74, 6) is 2.37. The van der Waals surface area contributed by atoms with Crippen LogP contribution in [-0.4, -0.2) is 52.1 Å². The monoisotopic (exact) mass is 456 g/mol. The molecule has 8 nitrogen and oxygen atoms in total. The van der Waals surface area contributed by atoms with Crippen molar-refractivity contribution in [1.29, 1.82) is 0 Å². The summed E-state index contributed by atoms with van der Waals surface area (Å²) >= 11 is 0. The normalized spacial score (nSPS) is 21.9. The van der Waals surface area contributed by atoms with E-state index >= 15 is 0 Å². The Morgan fingerprint density at radius 3 is 2.82 bits per heavy atom. The Balaban J connectivity index is 1.31. The topological polar surface area (TPSA) is 80.5 Å². The Morgan fingerprint density at radius 2 is 1.88 bits per heavy atom. The summed E-state index contributed by atoms with van der Waals surface area (Å²) in [6, 6.07) is 16.1. The van der Waals surface area contributed by atoms with Crippen molar-refractivity contribution in [3.8, 4) is 22.9 Å². The number of pyridine rings is 2. The first-order chi connectivity index (χ1) is 16.8. The number of fused-ring (bicyclic) bond motifs is 6. The smallest absolute Gasteiger partial charge is 0.214 e. The van der Waals surface area contributed by atoms with Crippen molar-refractivity contribution >= 4 is 11.2 Å². The molecular formula is C26H24N4O4. The van der Waals surface area contributed by atoms with Gasteiger partial charge in [0.2, 0.25) is 5.88 Å². The van der Waals surface area contributed by atoms with E-state index in [0.29, 0.717) is 25.7 Å². The minimum Gasteiger partial charge on any atom is -0.490 e. The number of hydrogen-bond donors (Lipinski definition) is 0. The highest BCUT2D eigenvalue weighted by Crippen LogP contribution is 2.44. The van der Waals surface area contributed by atoms with Crippen LogP contribution >= 0.6 is 0 Å². The summed E-state index contributed by atoms with van der Waals surface area (Å²) in [6.45, 7) is 2.93. The fraction of sp³-hybridized carbons (Fsp3) is 0.346. The van der Waals surface area contributed by atoms with E-state index in [0.717, 1.165) is 65.6 Å². The summed E-state index contributed by atoms with van der Waals surface area (Å²) in [4.78, 5) is 14.4. The first-order valence-corrected chi connectivity index (χ1v) is 11.7. The molecule has 0 amide bonds. The van der Waals surface area contributed by atoms with Gasteiger partial charge in [0.1, 0.15) is 41.9 Å². The van der Waals surface area contributed by atoms with E-state index in [2.05, 4.69) is 15.6 Å². The quantitative estimate of drug-likeness (QED) is 0.465. The molecule has 0 saturated carbocycles. The number of hydrogen-bond acceptors (Lipinski definition) is 7. The van der Waals surface area contributed by atoms with Gasteiger partial charge < -0.3 is 18.9 Å². The van der Waals surface area contributed by atoms with Crippen molar-refractivity contribution in [2.75, 3.05) is 26.4 Å². The van der Waals surface area contributed by atoms with Gasteiger partial charge in [0, 0.05) is 36.2 Å². The second-order valence-electron chi connectivity index (χ2n) is 9.02. The Morgan fingerprint density at radius 1 is 0.971 bits per heavy atom. The number of rotatable bonds is 3. The van der Waals surface area contributed by atoms with Crippen LogP contribution in [0.1, 0.15) is 24.2 Å². The highest BCUT2D eigenvalue weighted by molar-refractivity contribution is 5.77. The van der Waals surface area contributed by atoms with Gasteiger partial charge in [-0.05, 0) is 24.3 Å². The van der Waals surface area contributed by atoms with Gasteiger partial charge in [-0.3, -0.25) is 4.57 Å². The standard InChI is InChI=1S/C26H24N4O4/c1-2-4-22-19(3-1)26(16-33-22)15-32-14-23-28-21-6-5-20(29-25(21)30(23)26)17-7-10-27-24(13-17)34-18-8-11-31-12-9-18/h1-7,10,13,18H,8-9,11-12,14-16H2. The molecule has 0 radical (unpaired) electrons. The van der Waals surface area contributed by atoms with Gasteiger partial charge in [0.25, 0.3) is 0 Å². The molecule has 1 atom stereocenters. The molecule has 1 saturated heterocycles. The number of para-hydroxylation sites is 1. The minimum absolute atomic E-state index is 0.135. The SMILES string of the molecule is c1ccc2c(c1)OCC21COCc2nc3ccc(-c4ccnc(OC5CCOCC5)c4)nc3n21. The van der Waals surface area contributed by atoms with Crippen LogP contribution in [0.3, 0.4) is 0 Å². The van der Waals surface area contributed by atoms with Crippen LogP contribution in [0.25, 0.3) is 22.4 Å². The van der Waals surface area contributed by atoms with E-state index < -0.39 is 5.54 Å². The third-order valence-corrected chi connectivity index (χ3v) is 6.92. The van der Waals surface area contributed by atoms with Crippen LogP contribution < -0.4 is 9.47 Å². The molecule has 6 heterocycles. The highest BCUT2D eigenvalue weighted by Gasteiger charge is 2.47. The largest absolute Gasteiger partial charge is 0.490 e. The fourth-order valence-electron chi connectivity index (χ4n) is 5.24. The molecule has 0 bridgehead atoms. The summed E-state index contributed by atoms with van der Waals surface area (Å²) in [5.41, 5.74) is 4.13. The van der Waals surface area contributed by atoms with E-state index in [1.165, 1.54) is 0 Å². The van der Waals surface area contributed by atoms with Gasteiger partial charge in [-0.2, -0.15) is 0 Å². The lowest BCUT2D eigenvalue weighted by atomic mass is 9.91. The zero-order chi connectivity index (χ0) is 22.5. The van der Waals surface area contributed by atoms with Crippen molar-refractivity contribution < 1.29 is 18.9 Å². The number of ether oxygens (including phenoxy) is 4. The average molecular weight is 457 g/mol. The van der Waals surface area contributed by atoms with E-state index in [4.69, 9.17) is 28.9 Å². The van der Waals surface area contributed by atoms with Crippen LogP contribution in [0.2, 0.25) is 0 Å². The molecule has 1 aromatic carbocycles. The molecule has 1 fully saturated rings. The Hall–Kier alpha value is -3.49. The molecule has 3 aliphatic rings. The predicted octanol–water partition coefficient (Wildman–Crippen LogP) is 3.72. The Labute approximate surface area is 196 Å². The first-order valence-electron chi connectivity index (χ1n) is 11.7. The maximum Gasteiger partial charge on any atom is 0.214 e. The number of benzene rings is 1. The molecule has 4 aromatic rings. The van der Waals surface area contributed by atoms with Crippen LogP contribution in [0.5, 0.6) is 11.6 Å². The number of nitrogens with zero attached hydrogens (tertiary/aromatic N) is 4. The molecule has 3 aromatic heterocycles. The molecule has 3 aliphatic heterocycles. The summed E-state index contributed by atoms with van der Waals surface area (Å²) in [7, 11) is 0. The third kappa shape index (κ3) is 3.09. The van der Waals surface area contributed by atoms with E-state index in [9.17, 15) is 0 Å². The lowest BCUT2D eigenvalue weighted by molar-refractivity contribution is 0.0134. The van der Waals surface area contributed by atoms with Gasteiger partial charge in [-0.25, -0.2) is 15.0 Å². The van der Waals surface area contributed by atoms with E-state index in [1.807, 2.05) is 42.5 Å². The Kier molecular flexibility index (Phi) is 4.56. The van der Waals surface area contributed by atoms with Gasteiger partial charge >= 0.3 is 0 Å². The molecule has 0 aliphatic carbocycles.